The van der Waals surface area contributed by atoms with Gasteiger partial charge < -0.3 is 40.4 Å². The minimum absolute atomic E-state index is 0.0128. The Morgan fingerprint density at radius 3 is 2.10 bits per heavy atom. The smallest absolute Gasteiger partial charge is 0.328 e. The molecule has 1 aliphatic heterocycles. The van der Waals surface area contributed by atoms with Gasteiger partial charge in [-0.25, -0.2) is 4.79 Å². The average molecular weight is 820 g/mol. The highest BCUT2D eigenvalue weighted by atomic mass is 16.5. The summed E-state index contributed by atoms with van der Waals surface area (Å²) in [7, 11) is 5.63. The maximum atomic E-state index is 13.9. The van der Waals surface area contributed by atoms with Crippen LogP contribution in [0, 0.1) is 5.92 Å². The van der Waals surface area contributed by atoms with E-state index < -0.39 is 60.7 Å². The van der Waals surface area contributed by atoms with Crippen molar-refractivity contribution in [3.63, 3.8) is 0 Å². The first-order chi connectivity index (χ1) is 28.9. The van der Waals surface area contributed by atoms with Crippen LogP contribution in [0.5, 0.6) is 11.5 Å². The summed E-state index contributed by atoms with van der Waals surface area (Å²) in [5.41, 5.74) is 5.94. The standard InChI is InChI=1S/C46H53N5O9/c1-7-8-9-29-10-13-31(14-11-29)32-15-17-33(18-16-32)44(55)47-25-28(2)43(54)49-27-41(53)51(3)42-34-19-21-39(59-5)36(24-34)35-22-30(12-20-38(35)58-4)23-37(46(57)60-6)50-40(52)26-48-45(42)56/h10-22,24,28,37,42H,7-9,23,25-27H2,1-6H3,(H,47,55)(H,48,56)(H,49,54)(H,50,52)/t28?,37-,42?/m0/s1. The Bertz CT molecular complexity index is 2190. The molecular formula is C46H53N5O9. The largest absolute Gasteiger partial charge is 0.496 e. The van der Waals surface area contributed by atoms with Crippen molar-refractivity contribution in [3.05, 3.63) is 107 Å². The molecule has 3 atom stereocenters. The molecule has 0 spiro atoms. The number of methoxy groups -OCH3 is 3. The summed E-state index contributed by atoms with van der Waals surface area (Å²) in [5, 5.41) is 10.6. The van der Waals surface area contributed by atoms with E-state index in [-0.39, 0.29) is 18.9 Å². The number of fused-ring (bicyclic) bond motifs is 5. The molecule has 0 aromatic heterocycles. The number of carbonyl (C=O) groups is 6. The molecule has 5 amide bonds. The first-order valence-electron chi connectivity index (χ1n) is 19.9. The van der Waals surface area contributed by atoms with Gasteiger partial charge in [0.1, 0.15) is 23.6 Å². The molecule has 4 bridgehead atoms. The maximum absolute atomic E-state index is 13.9. The Labute approximate surface area is 350 Å². The van der Waals surface area contributed by atoms with E-state index in [1.54, 1.807) is 55.5 Å². The quantitative estimate of drug-likeness (QED) is 0.134. The number of aryl methyl sites for hydroxylation is 1. The summed E-state index contributed by atoms with van der Waals surface area (Å²) in [6.07, 6.45) is 3.42. The molecule has 0 saturated carbocycles. The van der Waals surface area contributed by atoms with E-state index in [2.05, 4.69) is 52.5 Å². The van der Waals surface area contributed by atoms with Crippen LogP contribution in [-0.2, 0) is 41.6 Å². The first kappa shape index (κ1) is 44.4. The number of hydrogen-bond acceptors (Lipinski definition) is 9. The molecule has 5 rings (SSSR count). The third-order valence-electron chi connectivity index (χ3n) is 10.5. The second-order valence-corrected chi connectivity index (χ2v) is 14.7. The molecule has 2 unspecified atom stereocenters. The normalized spacial score (nSPS) is 15.6. The number of esters is 1. The summed E-state index contributed by atoms with van der Waals surface area (Å²) in [4.78, 5) is 80.6. The Balaban J connectivity index is 1.27. The van der Waals surface area contributed by atoms with Crippen LogP contribution >= 0.6 is 0 Å². The lowest BCUT2D eigenvalue weighted by atomic mass is 9.94. The number of hydrogen-bond donors (Lipinski definition) is 4. The van der Waals surface area contributed by atoms with Crippen LogP contribution < -0.4 is 30.7 Å². The zero-order valence-corrected chi connectivity index (χ0v) is 34.9. The molecule has 4 aromatic rings. The molecule has 0 aliphatic carbocycles. The lowest BCUT2D eigenvalue weighted by Crippen LogP contribution is -2.50. The van der Waals surface area contributed by atoms with Crippen LogP contribution in [0.3, 0.4) is 0 Å². The maximum Gasteiger partial charge on any atom is 0.328 e. The summed E-state index contributed by atoms with van der Waals surface area (Å²) in [5.74, 6) is -3.24. The van der Waals surface area contributed by atoms with Gasteiger partial charge in [0.15, 0.2) is 0 Å². The molecule has 4 N–H and O–H groups in total. The number of rotatable bonds is 14. The van der Waals surface area contributed by atoms with Gasteiger partial charge in [-0.1, -0.05) is 68.8 Å². The van der Waals surface area contributed by atoms with Crippen molar-refractivity contribution >= 4 is 35.5 Å². The predicted octanol–water partition coefficient (Wildman–Crippen LogP) is 4.39. The fraction of sp³-hybridized carbons (Fsp3) is 0.348. The second kappa shape index (κ2) is 20.8. The number of unbranched alkanes of at least 4 members (excludes halogenated alkanes) is 1. The van der Waals surface area contributed by atoms with Gasteiger partial charge in [0.2, 0.25) is 23.6 Å². The van der Waals surface area contributed by atoms with Crippen LogP contribution in [0.15, 0.2) is 84.9 Å². The van der Waals surface area contributed by atoms with Crippen molar-refractivity contribution in [2.24, 2.45) is 5.92 Å². The summed E-state index contributed by atoms with van der Waals surface area (Å²) < 4.78 is 16.3. The minimum atomic E-state index is -1.27. The third kappa shape index (κ3) is 11.1. The molecule has 0 fully saturated rings. The summed E-state index contributed by atoms with van der Waals surface area (Å²) >= 11 is 0. The van der Waals surface area contributed by atoms with Gasteiger partial charge in [0.25, 0.3) is 5.91 Å². The van der Waals surface area contributed by atoms with E-state index in [0.717, 1.165) is 30.4 Å². The predicted molar refractivity (Wildman–Crippen MR) is 226 cm³/mol. The molecule has 0 radical (unpaired) electrons. The molecule has 1 heterocycles. The zero-order valence-electron chi connectivity index (χ0n) is 34.9. The van der Waals surface area contributed by atoms with Crippen LogP contribution in [0.2, 0.25) is 0 Å². The van der Waals surface area contributed by atoms with Crippen molar-refractivity contribution in [2.75, 3.05) is 48.0 Å². The number of nitrogens with one attached hydrogen (secondary N) is 4. The Morgan fingerprint density at radius 1 is 0.833 bits per heavy atom. The van der Waals surface area contributed by atoms with E-state index in [4.69, 9.17) is 14.2 Å². The number of ether oxygens (including phenoxy) is 3. The fourth-order valence-electron chi connectivity index (χ4n) is 6.94. The lowest BCUT2D eigenvalue weighted by molar-refractivity contribution is -0.145. The topological polar surface area (TPSA) is 181 Å². The average Bonchev–Trinajstić information content (AvgIpc) is 3.27. The molecule has 60 heavy (non-hydrogen) atoms. The van der Waals surface area contributed by atoms with Gasteiger partial charge >= 0.3 is 5.97 Å². The number of benzene rings is 4. The van der Waals surface area contributed by atoms with Crippen molar-refractivity contribution in [3.8, 4) is 33.8 Å². The van der Waals surface area contributed by atoms with Crippen LogP contribution in [0.1, 0.15) is 59.8 Å². The highest BCUT2D eigenvalue weighted by molar-refractivity contribution is 5.96. The number of amides is 5. The van der Waals surface area contributed by atoms with Gasteiger partial charge in [0, 0.05) is 36.7 Å². The molecule has 14 nitrogen and oxygen atoms in total. The van der Waals surface area contributed by atoms with E-state index in [1.165, 1.54) is 38.8 Å². The number of likely N-dealkylation sites (N-methyl/N-ethyl adjacent to an activating group) is 1. The number of nitrogens with zero attached hydrogens (tertiary/aromatic N) is 1. The van der Waals surface area contributed by atoms with Crippen LogP contribution in [0.4, 0.5) is 0 Å². The SMILES string of the molecule is CCCCc1ccc(-c2ccc(C(=O)NCC(C)C(=O)NCC(=O)N(C)C3C(=O)NCC(=O)N[C@H](C(=O)OC)Cc4ccc(OC)c(c4)-c4cc3ccc4OC)cc2)cc1. The van der Waals surface area contributed by atoms with E-state index in [9.17, 15) is 28.8 Å². The van der Waals surface area contributed by atoms with Crippen LogP contribution in [-0.4, -0.2) is 94.5 Å². The van der Waals surface area contributed by atoms with Crippen molar-refractivity contribution in [1.82, 2.24) is 26.2 Å². The van der Waals surface area contributed by atoms with E-state index >= 15 is 0 Å². The highest BCUT2D eigenvalue weighted by Gasteiger charge is 2.32. The molecular weight excluding hydrogens is 767 g/mol. The highest BCUT2D eigenvalue weighted by Crippen LogP contribution is 2.39. The van der Waals surface area contributed by atoms with Crippen molar-refractivity contribution in [2.45, 2.75) is 51.6 Å². The molecule has 1 aliphatic rings. The Kier molecular flexibility index (Phi) is 15.4. The third-order valence-corrected chi connectivity index (χ3v) is 10.5. The molecule has 4 aromatic carbocycles. The molecule has 14 heteroatoms. The number of carbonyl (C=O) groups excluding carboxylic acids is 6. The van der Waals surface area contributed by atoms with E-state index in [0.29, 0.717) is 39.3 Å². The van der Waals surface area contributed by atoms with Gasteiger partial charge in [-0.15, -0.1) is 0 Å². The second-order valence-electron chi connectivity index (χ2n) is 14.7. The fourth-order valence-corrected chi connectivity index (χ4v) is 6.94. The molecule has 0 saturated heterocycles. The summed E-state index contributed by atoms with van der Waals surface area (Å²) in [6.45, 7) is 2.85. The zero-order chi connectivity index (χ0) is 43.3. The lowest BCUT2D eigenvalue weighted by Gasteiger charge is -2.29. The monoisotopic (exact) mass is 819 g/mol. The minimum Gasteiger partial charge on any atom is -0.496 e. The van der Waals surface area contributed by atoms with Gasteiger partial charge in [-0.05, 0) is 77.1 Å². The Morgan fingerprint density at radius 2 is 1.47 bits per heavy atom. The van der Waals surface area contributed by atoms with Crippen molar-refractivity contribution in [1.29, 1.82) is 0 Å². The Hall–Kier alpha value is -6.70. The first-order valence-corrected chi connectivity index (χ1v) is 19.9. The molecule has 316 valence electrons. The van der Waals surface area contributed by atoms with Crippen molar-refractivity contribution < 1.29 is 43.0 Å². The van der Waals surface area contributed by atoms with Gasteiger partial charge in [0.05, 0.1) is 40.3 Å². The van der Waals surface area contributed by atoms with E-state index in [1.807, 2.05) is 12.1 Å². The summed E-state index contributed by atoms with van der Waals surface area (Å²) in [6, 6.07) is 23.6. The van der Waals surface area contributed by atoms with Gasteiger partial charge in [-0.2, -0.15) is 0 Å². The van der Waals surface area contributed by atoms with Gasteiger partial charge in [-0.3, -0.25) is 24.0 Å². The van der Waals surface area contributed by atoms with Crippen LogP contribution in [0.25, 0.3) is 22.3 Å².